The minimum Gasteiger partial charge on any atom is -0.381 e. The monoisotopic (exact) mass is 500 g/mol. The molecule has 3 fully saturated rings. The fourth-order valence-corrected chi connectivity index (χ4v) is 6.63. The number of nitrogens with one attached hydrogen (secondary N) is 1. The van der Waals surface area contributed by atoms with E-state index >= 15 is 0 Å². The van der Waals surface area contributed by atoms with Crippen molar-refractivity contribution >= 4 is 15.9 Å². The highest BCUT2D eigenvalue weighted by atomic mass is 32.2. The lowest BCUT2D eigenvalue weighted by Gasteiger charge is -2.46. The van der Waals surface area contributed by atoms with Crippen LogP contribution in [0.5, 0.6) is 0 Å². The molecule has 3 aliphatic carbocycles. The normalized spacial score (nSPS) is 32.4. The number of nitrogens with zero attached hydrogens (tertiary/aromatic N) is 2. The molecule has 4 aliphatic rings. The summed E-state index contributed by atoms with van der Waals surface area (Å²) in [4.78, 5) is 15.9. The van der Waals surface area contributed by atoms with E-state index in [0.29, 0.717) is 5.92 Å². The van der Waals surface area contributed by atoms with Crippen molar-refractivity contribution in [1.29, 1.82) is 0 Å². The number of likely N-dealkylation sites (N-methyl/N-ethyl adjacent to an activating group) is 1. The van der Waals surface area contributed by atoms with Gasteiger partial charge in [0.25, 0.3) is 5.91 Å². The maximum absolute atomic E-state index is 14.3. The molecule has 0 radical (unpaired) electrons. The number of carbonyl (C=O) groups is 1. The Kier molecular flexibility index (Phi) is 6.26. The van der Waals surface area contributed by atoms with Gasteiger partial charge >= 0.3 is 0 Å². The zero-order valence-corrected chi connectivity index (χ0v) is 21.7. The van der Waals surface area contributed by atoms with Gasteiger partial charge in [0.15, 0.2) is 0 Å². The summed E-state index contributed by atoms with van der Waals surface area (Å²) in [5.41, 5.74) is 8.36. The first-order valence-corrected chi connectivity index (χ1v) is 14.4. The molecule has 1 aliphatic heterocycles. The number of hydrogen-bond acceptors (Lipinski definition) is 6. The van der Waals surface area contributed by atoms with E-state index in [2.05, 4.69) is 35.4 Å². The summed E-state index contributed by atoms with van der Waals surface area (Å²) in [6.45, 7) is 0.417. The van der Waals surface area contributed by atoms with Crippen LogP contribution in [-0.2, 0) is 31.5 Å². The minimum atomic E-state index is -3.35. The third kappa shape index (κ3) is 4.19. The first kappa shape index (κ1) is 24.7. The van der Waals surface area contributed by atoms with Crippen LogP contribution in [0.3, 0.4) is 0 Å². The van der Waals surface area contributed by atoms with Crippen LogP contribution < -0.4 is 11.1 Å². The van der Waals surface area contributed by atoms with E-state index in [-0.39, 0.29) is 30.5 Å². The SMILES string of the molecule is COC1CCC2(CC1)Cc1ccc(C#CC3CC3)cc1C21NC(N)N(CCN(C)S(C)(=O)=O)C1=O. The topological polar surface area (TPSA) is 105 Å². The van der Waals surface area contributed by atoms with Crippen LogP contribution in [0.2, 0.25) is 0 Å². The molecule has 2 unspecified atom stereocenters. The molecule has 9 heteroatoms. The summed E-state index contributed by atoms with van der Waals surface area (Å²) in [5, 5.41) is 3.54. The molecule has 35 heavy (non-hydrogen) atoms. The lowest BCUT2D eigenvalue weighted by molar-refractivity contribution is -0.139. The molecule has 0 aromatic heterocycles. The molecule has 2 atom stereocenters. The van der Waals surface area contributed by atoms with Crippen LogP contribution >= 0.6 is 0 Å². The average molecular weight is 501 g/mol. The van der Waals surface area contributed by atoms with E-state index in [0.717, 1.165) is 56.1 Å². The number of fused-ring (bicyclic) bond motifs is 3. The molecule has 1 aromatic carbocycles. The summed E-state index contributed by atoms with van der Waals surface area (Å²) < 4.78 is 30.7. The molecule has 1 amide bonds. The number of sulfonamides is 1. The molecule has 5 rings (SSSR count). The van der Waals surface area contributed by atoms with Crippen LogP contribution in [0.15, 0.2) is 18.2 Å². The van der Waals surface area contributed by atoms with Gasteiger partial charge < -0.3 is 9.64 Å². The summed E-state index contributed by atoms with van der Waals surface area (Å²) >= 11 is 0. The summed E-state index contributed by atoms with van der Waals surface area (Å²) in [6, 6.07) is 6.29. The second-order valence-electron chi connectivity index (χ2n) is 10.7. The van der Waals surface area contributed by atoms with Gasteiger partial charge in [-0.1, -0.05) is 17.9 Å². The van der Waals surface area contributed by atoms with Crippen LogP contribution in [-0.4, -0.2) is 69.4 Å². The first-order chi connectivity index (χ1) is 16.6. The number of carbonyl (C=O) groups excluding carboxylic acids is 1. The van der Waals surface area contributed by atoms with Crippen LogP contribution in [0.1, 0.15) is 55.2 Å². The molecule has 1 heterocycles. The zero-order valence-electron chi connectivity index (χ0n) is 20.8. The fourth-order valence-electron chi connectivity index (χ4n) is 6.22. The number of amides is 1. The lowest BCUT2D eigenvalue weighted by Crippen LogP contribution is -2.57. The quantitative estimate of drug-likeness (QED) is 0.592. The predicted octanol–water partition coefficient (Wildman–Crippen LogP) is 1.34. The van der Waals surface area contributed by atoms with Crippen molar-refractivity contribution in [3.63, 3.8) is 0 Å². The van der Waals surface area contributed by atoms with E-state index in [4.69, 9.17) is 10.5 Å². The van der Waals surface area contributed by atoms with Crippen LogP contribution in [0, 0.1) is 23.2 Å². The molecule has 2 saturated carbocycles. The van der Waals surface area contributed by atoms with Crippen molar-refractivity contribution in [3.05, 3.63) is 34.9 Å². The van der Waals surface area contributed by atoms with Gasteiger partial charge in [0.1, 0.15) is 11.8 Å². The van der Waals surface area contributed by atoms with Gasteiger partial charge in [0, 0.05) is 44.1 Å². The van der Waals surface area contributed by atoms with Crippen molar-refractivity contribution in [3.8, 4) is 11.8 Å². The molecular formula is C26H36N4O4S. The average Bonchev–Trinajstić information content (AvgIpc) is 3.57. The second-order valence-corrected chi connectivity index (χ2v) is 12.8. The molecule has 190 valence electrons. The van der Waals surface area contributed by atoms with Gasteiger partial charge in [0.05, 0.1) is 12.4 Å². The van der Waals surface area contributed by atoms with Crippen LogP contribution in [0.25, 0.3) is 0 Å². The highest BCUT2D eigenvalue weighted by Gasteiger charge is 2.67. The number of benzene rings is 1. The molecule has 2 spiro atoms. The van der Waals surface area contributed by atoms with Crippen LogP contribution in [0.4, 0.5) is 0 Å². The number of nitrogens with two attached hydrogens (primary N) is 1. The molecule has 0 bridgehead atoms. The predicted molar refractivity (Wildman–Crippen MR) is 133 cm³/mol. The Balaban J connectivity index is 1.52. The molecule has 8 nitrogen and oxygen atoms in total. The summed E-state index contributed by atoms with van der Waals surface area (Å²) in [7, 11) is -0.0775. The Morgan fingerprint density at radius 1 is 1.26 bits per heavy atom. The smallest absolute Gasteiger partial charge is 0.250 e. The van der Waals surface area contributed by atoms with E-state index in [1.54, 1.807) is 12.0 Å². The van der Waals surface area contributed by atoms with E-state index in [1.165, 1.54) is 23.2 Å². The van der Waals surface area contributed by atoms with Crippen molar-refractivity contribution in [2.45, 2.75) is 62.9 Å². The Bertz CT molecular complexity index is 1180. The van der Waals surface area contributed by atoms with Crippen molar-refractivity contribution in [2.24, 2.45) is 17.1 Å². The summed E-state index contributed by atoms with van der Waals surface area (Å²) in [5.74, 6) is 7.08. The van der Waals surface area contributed by atoms with Gasteiger partial charge in [-0.15, -0.1) is 0 Å². The van der Waals surface area contributed by atoms with Gasteiger partial charge in [-0.25, -0.2) is 12.7 Å². The summed E-state index contributed by atoms with van der Waals surface area (Å²) in [6.07, 6.45) is 7.29. The third-order valence-electron chi connectivity index (χ3n) is 8.56. The zero-order chi connectivity index (χ0) is 25.0. The molecule has 1 aromatic rings. The lowest BCUT2D eigenvalue weighted by atomic mass is 9.61. The maximum atomic E-state index is 14.3. The molecule has 1 saturated heterocycles. The van der Waals surface area contributed by atoms with E-state index < -0.39 is 21.9 Å². The van der Waals surface area contributed by atoms with Crippen molar-refractivity contribution in [2.75, 3.05) is 33.5 Å². The second kappa shape index (κ2) is 8.86. The highest BCUT2D eigenvalue weighted by molar-refractivity contribution is 7.88. The molecule has 3 N–H and O–H groups in total. The van der Waals surface area contributed by atoms with Crippen molar-refractivity contribution in [1.82, 2.24) is 14.5 Å². The van der Waals surface area contributed by atoms with E-state index in [1.807, 2.05) is 0 Å². The molecular weight excluding hydrogens is 464 g/mol. The Labute approximate surface area is 208 Å². The number of rotatable bonds is 5. The Morgan fingerprint density at radius 2 is 1.97 bits per heavy atom. The van der Waals surface area contributed by atoms with Gasteiger partial charge in [0.2, 0.25) is 10.0 Å². The van der Waals surface area contributed by atoms with E-state index in [9.17, 15) is 13.2 Å². The highest BCUT2D eigenvalue weighted by Crippen LogP contribution is 2.60. The number of hydrogen-bond donors (Lipinski definition) is 2. The maximum Gasteiger partial charge on any atom is 0.250 e. The number of ether oxygens (including phenoxy) is 1. The van der Waals surface area contributed by atoms with Gasteiger partial charge in [-0.3, -0.25) is 15.8 Å². The Hall–Kier alpha value is -1.96. The third-order valence-corrected chi connectivity index (χ3v) is 9.88. The minimum absolute atomic E-state index is 0.0613. The first-order valence-electron chi connectivity index (χ1n) is 12.5. The van der Waals surface area contributed by atoms with Gasteiger partial charge in [-0.2, -0.15) is 0 Å². The fraction of sp³-hybridized carbons (Fsp3) is 0.654. The largest absolute Gasteiger partial charge is 0.381 e. The standard InChI is InChI=1S/C26H36N4O4S/c1-29(35(3,32)33)14-15-30-23(31)26(28-24(30)27)22-16-19(7-6-18-4-5-18)8-9-20(22)17-25(26)12-10-21(34-2)11-13-25/h8-9,16,18,21,24,28H,4-5,10-15,17,27H2,1-3H3. The number of methoxy groups -OCH3 is 1. The van der Waals surface area contributed by atoms with Gasteiger partial charge in [-0.05, 0) is 68.2 Å². The van der Waals surface area contributed by atoms with Crippen molar-refractivity contribution < 1.29 is 17.9 Å². The Morgan fingerprint density at radius 3 is 2.60 bits per heavy atom.